The van der Waals surface area contributed by atoms with Crippen molar-refractivity contribution in [3.63, 3.8) is 0 Å². The van der Waals surface area contributed by atoms with Crippen LogP contribution < -0.4 is 16.0 Å². The lowest BCUT2D eigenvalue weighted by Crippen LogP contribution is -2.35. The fourth-order valence-electron chi connectivity index (χ4n) is 3.51. The summed E-state index contributed by atoms with van der Waals surface area (Å²) in [4.78, 5) is 0. The van der Waals surface area contributed by atoms with Gasteiger partial charge in [0.25, 0.3) is 0 Å². The number of benzene rings is 1. The van der Waals surface area contributed by atoms with E-state index >= 15 is 0 Å². The minimum Gasteiger partial charge on any atom is -0.491 e. The van der Waals surface area contributed by atoms with Gasteiger partial charge in [-0.1, -0.05) is 44.4 Å². The minimum absolute atomic E-state index is 0.181. The van der Waals surface area contributed by atoms with Gasteiger partial charge in [0.15, 0.2) is 0 Å². The molecule has 1 aromatic carbocycles. The zero-order valence-corrected chi connectivity index (χ0v) is 13.6. The van der Waals surface area contributed by atoms with Gasteiger partial charge in [0.1, 0.15) is 5.75 Å². The summed E-state index contributed by atoms with van der Waals surface area (Å²) in [5, 5.41) is 0. The predicted octanol–water partition coefficient (Wildman–Crippen LogP) is 4.19. The average molecular weight is 290 g/mol. The smallest absolute Gasteiger partial charge is 0.124 e. The third-order valence-electron chi connectivity index (χ3n) is 4.74. The van der Waals surface area contributed by atoms with Gasteiger partial charge in [-0.15, -0.1) is 0 Å². The van der Waals surface area contributed by atoms with Gasteiger partial charge in [-0.3, -0.25) is 11.3 Å². The lowest BCUT2D eigenvalue weighted by molar-refractivity contribution is 0.205. The molecule has 1 saturated carbocycles. The molecule has 0 aliphatic heterocycles. The van der Waals surface area contributed by atoms with Gasteiger partial charge in [-0.05, 0) is 44.6 Å². The van der Waals surface area contributed by atoms with Crippen LogP contribution in [-0.2, 0) is 0 Å². The monoisotopic (exact) mass is 290 g/mol. The van der Waals surface area contributed by atoms with Crippen molar-refractivity contribution < 1.29 is 4.74 Å². The summed E-state index contributed by atoms with van der Waals surface area (Å²) in [6.07, 6.45) is 6.65. The largest absolute Gasteiger partial charge is 0.491 e. The summed E-state index contributed by atoms with van der Waals surface area (Å²) in [5.41, 5.74) is 4.26. The molecule has 118 valence electrons. The molecule has 1 fully saturated rings. The number of para-hydroxylation sites is 1. The zero-order valence-electron chi connectivity index (χ0n) is 13.6. The molecule has 1 aromatic rings. The Bertz CT molecular complexity index is 425. The summed E-state index contributed by atoms with van der Waals surface area (Å²) in [6.45, 7) is 6.43. The fourth-order valence-corrected chi connectivity index (χ4v) is 3.51. The maximum Gasteiger partial charge on any atom is 0.124 e. The Kier molecular flexibility index (Phi) is 6.07. The Morgan fingerprint density at radius 3 is 2.43 bits per heavy atom. The van der Waals surface area contributed by atoms with E-state index in [1.807, 2.05) is 6.07 Å². The molecule has 0 aromatic heterocycles. The Labute approximate surface area is 129 Å². The van der Waals surface area contributed by atoms with Gasteiger partial charge in [-0.2, -0.15) is 0 Å². The van der Waals surface area contributed by atoms with Crippen molar-refractivity contribution in [2.75, 3.05) is 0 Å². The molecule has 2 rings (SSSR count). The number of rotatable bonds is 6. The molecule has 0 bridgehead atoms. The van der Waals surface area contributed by atoms with E-state index in [4.69, 9.17) is 10.6 Å². The molecule has 0 heterocycles. The van der Waals surface area contributed by atoms with E-state index in [-0.39, 0.29) is 12.1 Å². The van der Waals surface area contributed by atoms with E-state index in [1.54, 1.807) is 0 Å². The second kappa shape index (κ2) is 7.81. The third-order valence-corrected chi connectivity index (χ3v) is 4.74. The second-order valence-electron chi connectivity index (χ2n) is 6.54. The molecule has 0 amide bonds. The average Bonchev–Trinajstić information content (AvgIpc) is 2.50. The molecule has 0 spiro atoms. The van der Waals surface area contributed by atoms with Gasteiger partial charge in [0, 0.05) is 5.56 Å². The topological polar surface area (TPSA) is 47.3 Å². The molecule has 3 N–H and O–H groups in total. The van der Waals surface area contributed by atoms with Crippen molar-refractivity contribution in [2.24, 2.45) is 17.7 Å². The van der Waals surface area contributed by atoms with Gasteiger partial charge in [-0.25, -0.2) is 0 Å². The first-order chi connectivity index (χ1) is 10.2. The van der Waals surface area contributed by atoms with Crippen LogP contribution >= 0.6 is 0 Å². The van der Waals surface area contributed by atoms with E-state index in [0.717, 1.165) is 11.7 Å². The van der Waals surface area contributed by atoms with Crippen molar-refractivity contribution in [3.8, 4) is 5.75 Å². The van der Waals surface area contributed by atoms with Gasteiger partial charge in [0.2, 0.25) is 0 Å². The zero-order chi connectivity index (χ0) is 15.2. The fraction of sp³-hybridized carbons (Fsp3) is 0.667. The van der Waals surface area contributed by atoms with Crippen LogP contribution in [0.3, 0.4) is 0 Å². The highest BCUT2D eigenvalue weighted by atomic mass is 16.5. The molecule has 3 nitrogen and oxygen atoms in total. The quantitative estimate of drug-likeness (QED) is 0.610. The van der Waals surface area contributed by atoms with Crippen molar-refractivity contribution in [1.29, 1.82) is 0 Å². The van der Waals surface area contributed by atoms with E-state index < -0.39 is 0 Å². The van der Waals surface area contributed by atoms with E-state index in [1.165, 1.54) is 37.7 Å². The second-order valence-corrected chi connectivity index (χ2v) is 6.54. The third kappa shape index (κ3) is 4.21. The summed E-state index contributed by atoms with van der Waals surface area (Å²) in [7, 11) is 0. The Balaban J connectivity index is 2.14. The predicted molar refractivity (Wildman–Crippen MR) is 88.0 cm³/mol. The summed E-state index contributed by atoms with van der Waals surface area (Å²) < 4.78 is 5.97. The highest BCUT2D eigenvalue weighted by Gasteiger charge is 2.29. The number of hydrazine groups is 1. The lowest BCUT2D eigenvalue weighted by Gasteiger charge is -2.34. The summed E-state index contributed by atoms with van der Waals surface area (Å²) >= 11 is 0. The molecular formula is C18H30N2O. The highest BCUT2D eigenvalue weighted by Crippen LogP contribution is 2.40. The van der Waals surface area contributed by atoms with Crippen LogP contribution in [0.4, 0.5) is 0 Å². The molecule has 3 heteroatoms. The minimum atomic E-state index is 0.181. The normalized spacial score (nSPS) is 24.0. The molecular weight excluding hydrogens is 260 g/mol. The van der Waals surface area contributed by atoms with Crippen LogP contribution in [0.2, 0.25) is 0 Å². The lowest BCUT2D eigenvalue weighted by atomic mass is 9.76. The molecule has 21 heavy (non-hydrogen) atoms. The molecule has 1 atom stereocenters. The maximum absolute atomic E-state index is 5.97. The molecule has 0 radical (unpaired) electrons. The Morgan fingerprint density at radius 1 is 1.19 bits per heavy atom. The van der Waals surface area contributed by atoms with Crippen molar-refractivity contribution in [3.05, 3.63) is 29.8 Å². The summed E-state index contributed by atoms with van der Waals surface area (Å²) in [6, 6.07) is 8.50. The van der Waals surface area contributed by atoms with Crippen LogP contribution in [0.25, 0.3) is 0 Å². The molecule has 1 aliphatic rings. The highest BCUT2D eigenvalue weighted by molar-refractivity contribution is 5.36. The molecule has 0 saturated heterocycles. The first kappa shape index (κ1) is 16.3. The van der Waals surface area contributed by atoms with Gasteiger partial charge < -0.3 is 4.74 Å². The van der Waals surface area contributed by atoms with E-state index in [0.29, 0.717) is 5.92 Å². The van der Waals surface area contributed by atoms with E-state index in [9.17, 15) is 0 Å². The Hall–Kier alpha value is -1.06. The SMILES string of the molecule is CCC1CCC(C(NN)c2ccccc2OC(C)C)CC1. The van der Waals surface area contributed by atoms with Crippen LogP contribution in [-0.4, -0.2) is 6.10 Å². The van der Waals surface area contributed by atoms with Crippen molar-refractivity contribution >= 4 is 0 Å². The first-order valence-electron chi connectivity index (χ1n) is 8.37. The number of hydrogen-bond acceptors (Lipinski definition) is 3. The maximum atomic E-state index is 5.97. The molecule has 1 aliphatic carbocycles. The van der Waals surface area contributed by atoms with E-state index in [2.05, 4.69) is 44.4 Å². The molecule has 1 unspecified atom stereocenters. The Morgan fingerprint density at radius 2 is 1.86 bits per heavy atom. The first-order valence-corrected chi connectivity index (χ1v) is 8.37. The van der Waals surface area contributed by atoms with Crippen LogP contribution in [0.5, 0.6) is 5.75 Å². The van der Waals surface area contributed by atoms with Gasteiger partial charge >= 0.3 is 0 Å². The number of nitrogens with two attached hydrogens (primary N) is 1. The van der Waals surface area contributed by atoms with Gasteiger partial charge in [0.05, 0.1) is 12.1 Å². The number of hydrogen-bond donors (Lipinski definition) is 2. The number of ether oxygens (including phenoxy) is 1. The van der Waals surface area contributed by atoms with Crippen molar-refractivity contribution in [2.45, 2.75) is 65.0 Å². The number of nitrogens with one attached hydrogen (secondary N) is 1. The van der Waals surface area contributed by atoms with Crippen LogP contribution in [0, 0.1) is 11.8 Å². The van der Waals surface area contributed by atoms with Crippen molar-refractivity contribution in [1.82, 2.24) is 5.43 Å². The van der Waals surface area contributed by atoms with Crippen LogP contribution in [0.1, 0.15) is 64.5 Å². The summed E-state index contributed by atoms with van der Waals surface area (Å²) in [5.74, 6) is 8.37. The standard InChI is InChI=1S/C18H30N2O/c1-4-14-9-11-15(12-10-14)18(20-19)16-7-5-6-8-17(16)21-13(2)3/h5-8,13-15,18,20H,4,9-12,19H2,1-3H3. The van der Waals surface area contributed by atoms with Crippen LogP contribution in [0.15, 0.2) is 24.3 Å².